The molecule has 1 heterocycles. The molecule has 0 amide bonds. The van der Waals surface area contributed by atoms with E-state index in [1.54, 1.807) is 6.08 Å². The molecule has 0 aromatic carbocycles. The molecule has 0 aromatic heterocycles. The number of aliphatic hydroxyl groups is 1. The average Bonchev–Trinajstić information content (AvgIpc) is 3.27. The lowest BCUT2D eigenvalue weighted by molar-refractivity contribution is -0.137. The first-order chi connectivity index (χ1) is 11.1. The smallest absolute Gasteiger partial charge is 0.303 e. The second-order valence-electron chi connectivity index (χ2n) is 5.67. The van der Waals surface area contributed by atoms with Crippen molar-refractivity contribution in [2.24, 2.45) is 0 Å². The van der Waals surface area contributed by atoms with E-state index in [9.17, 15) is 9.90 Å². The minimum Gasteiger partial charge on any atom is -0.481 e. The molecule has 2 N–H and O–H groups in total. The summed E-state index contributed by atoms with van der Waals surface area (Å²) in [6, 6.07) is 0. The van der Waals surface area contributed by atoms with E-state index in [0.29, 0.717) is 0 Å². The second kappa shape index (κ2) is 12.3. The molecule has 1 aliphatic rings. The number of hydrogen-bond acceptors (Lipinski definition) is 3. The normalized spacial score (nSPS) is 21.3. The molecule has 3 unspecified atom stereocenters. The van der Waals surface area contributed by atoms with Crippen LogP contribution in [0.15, 0.2) is 24.3 Å². The first-order valence-corrected chi connectivity index (χ1v) is 8.92. The van der Waals surface area contributed by atoms with Gasteiger partial charge in [0.2, 0.25) is 0 Å². The first-order valence-electron chi connectivity index (χ1n) is 8.13. The van der Waals surface area contributed by atoms with E-state index in [-0.39, 0.29) is 18.6 Å². The van der Waals surface area contributed by atoms with Gasteiger partial charge in [0, 0.05) is 22.4 Å². The van der Waals surface area contributed by atoms with Gasteiger partial charge in [-0.05, 0) is 30.2 Å². The molecule has 0 spiro atoms. The highest BCUT2D eigenvalue weighted by molar-refractivity contribution is 9.12. The highest BCUT2D eigenvalue weighted by Gasteiger charge is 2.34. The zero-order valence-electron chi connectivity index (χ0n) is 13.3. The summed E-state index contributed by atoms with van der Waals surface area (Å²) in [5.41, 5.74) is 0. The maximum atomic E-state index is 10.4. The van der Waals surface area contributed by atoms with Gasteiger partial charge in [-0.15, -0.1) is 0 Å². The van der Waals surface area contributed by atoms with Crippen LogP contribution < -0.4 is 0 Å². The van der Waals surface area contributed by atoms with Gasteiger partial charge in [-0.3, -0.25) is 4.79 Å². The zero-order chi connectivity index (χ0) is 16.9. The zero-order valence-corrected chi connectivity index (χ0v) is 14.9. The lowest BCUT2D eigenvalue weighted by atomic mass is 10.1. The molecule has 23 heavy (non-hydrogen) atoms. The van der Waals surface area contributed by atoms with Crippen LogP contribution in [0, 0.1) is 10.8 Å². The van der Waals surface area contributed by atoms with E-state index in [1.165, 1.54) is 0 Å². The number of carbonyl (C=O) groups is 1. The number of rotatable bonds is 12. The third kappa shape index (κ3) is 11.1. The van der Waals surface area contributed by atoms with Crippen molar-refractivity contribution in [2.45, 2.75) is 69.7 Å². The van der Waals surface area contributed by atoms with Gasteiger partial charge in [-0.1, -0.05) is 49.8 Å². The van der Waals surface area contributed by atoms with Crippen molar-refractivity contribution < 1.29 is 19.7 Å². The molecule has 0 aromatic rings. The SMILES string of the molecule is O=C(O)CCCCCCCC(O)C=CC1OC1CC=CC#CBr. The Morgan fingerprint density at radius 2 is 2.00 bits per heavy atom. The fraction of sp³-hybridized carbons (Fsp3) is 0.611. The van der Waals surface area contributed by atoms with E-state index in [4.69, 9.17) is 9.84 Å². The summed E-state index contributed by atoms with van der Waals surface area (Å²) in [6.07, 6.45) is 14.0. The van der Waals surface area contributed by atoms with E-state index in [2.05, 4.69) is 26.7 Å². The van der Waals surface area contributed by atoms with Crippen LogP contribution in [-0.4, -0.2) is 34.5 Å². The van der Waals surface area contributed by atoms with Crippen LogP contribution >= 0.6 is 15.9 Å². The quantitative estimate of drug-likeness (QED) is 0.232. The van der Waals surface area contributed by atoms with Crippen LogP contribution in [0.4, 0.5) is 0 Å². The average molecular weight is 385 g/mol. The summed E-state index contributed by atoms with van der Waals surface area (Å²) >= 11 is 3.02. The van der Waals surface area contributed by atoms with Gasteiger partial charge in [0.1, 0.15) is 6.10 Å². The highest BCUT2D eigenvalue weighted by Crippen LogP contribution is 2.27. The Kier molecular flexibility index (Phi) is 10.7. The van der Waals surface area contributed by atoms with E-state index >= 15 is 0 Å². The van der Waals surface area contributed by atoms with Crippen molar-refractivity contribution in [3.8, 4) is 10.8 Å². The Balaban J connectivity index is 1.98. The molecule has 1 fully saturated rings. The Morgan fingerprint density at radius 3 is 2.74 bits per heavy atom. The molecule has 128 valence electrons. The fourth-order valence-electron chi connectivity index (χ4n) is 2.30. The van der Waals surface area contributed by atoms with Crippen LogP contribution in [0.3, 0.4) is 0 Å². The monoisotopic (exact) mass is 384 g/mol. The van der Waals surface area contributed by atoms with Crippen molar-refractivity contribution in [1.29, 1.82) is 0 Å². The lowest BCUT2D eigenvalue weighted by Crippen LogP contribution is -2.02. The summed E-state index contributed by atoms with van der Waals surface area (Å²) in [5, 5.41) is 18.4. The van der Waals surface area contributed by atoms with Crippen molar-refractivity contribution in [3.05, 3.63) is 24.3 Å². The Bertz CT molecular complexity index is 461. The number of aliphatic carboxylic acids is 1. The summed E-state index contributed by atoms with van der Waals surface area (Å²) in [6.45, 7) is 0. The molecule has 1 rings (SSSR count). The summed E-state index contributed by atoms with van der Waals surface area (Å²) in [7, 11) is 0. The van der Waals surface area contributed by atoms with Crippen molar-refractivity contribution in [3.63, 3.8) is 0 Å². The summed E-state index contributed by atoms with van der Waals surface area (Å²) < 4.78 is 5.48. The van der Waals surface area contributed by atoms with Gasteiger partial charge in [0.25, 0.3) is 0 Å². The largest absolute Gasteiger partial charge is 0.481 e. The molecule has 0 aliphatic carbocycles. The molecule has 4 nitrogen and oxygen atoms in total. The molecule has 3 atom stereocenters. The van der Waals surface area contributed by atoms with Crippen LogP contribution in [0.1, 0.15) is 51.4 Å². The van der Waals surface area contributed by atoms with Gasteiger partial charge >= 0.3 is 5.97 Å². The number of unbranched alkanes of at least 4 members (excludes halogenated alkanes) is 4. The van der Waals surface area contributed by atoms with Crippen LogP contribution in [0.25, 0.3) is 0 Å². The molecule has 0 bridgehead atoms. The molecule has 5 heteroatoms. The van der Waals surface area contributed by atoms with Crippen LogP contribution in [0.5, 0.6) is 0 Å². The number of carboxylic acids is 1. The van der Waals surface area contributed by atoms with E-state index < -0.39 is 12.1 Å². The minimum absolute atomic E-state index is 0.113. The van der Waals surface area contributed by atoms with Gasteiger partial charge < -0.3 is 14.9 Å². The maximum Gasteiger partial charge on any atom is 0.303 e. The predicted octanol–water partition coefficient (Wildman–Crippen LogP) is 3.79. The second-order valence-corrected chi connectivity index (χ2v) is 6.06. The number of hydrogen-bond donors (Lipinski definition) is 2. The minimum atomic E-state index is -0.724. The summed E-state index contributed by atoms with van der Waals surface area (Å²) in [5.74, 6) is 2.06. The van der Waals surface area contributed by atoms with Crippen molar-refractivity contribution >= 4 is 21.9 Å². The number of aliphatic hydroxyl groups excluding tert-OH is 1. The fourth-order valence-corrected chi connectivity index (χ4v) is 2.43. The number of allylic oxidation sites excluding steroid dienone is 1. The maximum absolute atomic E-state index is 10.4. The molecular formula is C18H25BrO4. The standard InChI is InChI=1S/C18H25BrO4/c19-14-8-4-6-10-16-17(23-16)13-12-15(20)9-5-2-1-3-7-11-18(21)22/h4,6,12-13,15-17,20H,1-3,5,7,9-11H2,(H,21,22). The highest BCUT2D eigenvalue weighted by atomic mass is 79.9. The third-order valence-electron chi connectivity index (χ3n) is 3.66. The lowest BCUT2D eigenvalue weighted by Gasteiger charge is -2.05. The van der Waals surface area contributed by atoms with E-state index in [1.807, 2.05) is 18.2 Å². The number of halogens is 1. The van der Waals surface area contributed by atoms with Crippen LogP contribution in [-0.2, 0) is 9.53 Å². The Hall–Kier alpha value is -1.09. The van der Waals surface area contributed by atoms with Crippen molar-refractivity contribution in [1.82, 2.24) is 0 Å². The molecule has 0 radical (unpaired) electrons. The topological polar surface area (TPSA) is 70.1 Å². The summed E-state index contributed by atoms with van der Waals surface area (Å²) in [4.78, 5) is 13.0. The van der Waals surface area contributed by atoms with E-state index in [0.717, 1.165) is 44.9 Å². The third-order valence-corrected chi connectivity index (χ3v) is 3.89. The van der Waals surface area contributed by atoms with Gasteiger partial charge in [0.15, 0.2) is 0 Å². The Labute approximate surface area is 146 Å². The van der Waals surface area contributed by atoms with Gasteiger partial charge in [-0.25, -0.2) is 0 Å². The van der Waals surface area contributed by atoms with Gasteiger partial charge in [0.05, 0.1) is 12.2 Å². The predicted molar refractivity (Wildman–Crippen MR) is 94.2 cm³/mol. The Morgan fingerprint density at radius 1 is 1.26 bits per heavy atom. The van der Waals surface area contributed by atoms with Gasteiger partial charge in [-0.2, -0.15) is 0 Å². The van der Waals surface area contributed by atoms with Crippen molar-refractivity contribution in [2.75, 3.05) is 0 Å². The molecule has 1 saturated heterocycles. The van der Waals surface area contributed by atoms with Crippen LogP contribution in [0.2, 0.25) is 0 Å². The number of epoxide rings is 1. The number of ether oxygens (including phenoxy) is 1. The molecule has 0 saturated carbocycles. The number of carboxylic acid groups (broad SMARTS) is 1. The molecular weight excluding hydrogens is 360 g/mol. The molecule has 1 aliphatic heterocycles. The first kappa shape index (κ1) is 20.0.